The fraction of sp³-hybridized carbons (Fsp3) is 0.271. The fourth-order valence-corrected chi connectivity index (χ4v) is 8.18. The smallest absolute Gasteiger partial charge is 0.322 e. The first-order chi connectivity index (χ1) is 31.6. The van der Waals surface area contributed by atoms with Crippen LogP contribution in [-0.2, 0) is 20.9 Å². The zero-order valence-electron chi connectivity index (χ0n) is 35.2. The average molecular weight is 876 g/mol. The van der Waals surface area contributed by atoms with E-state index in [0.29, 0.717) is 18.0 Å². The molecule has 0 spiro atoms. The number of hydrogen-bond acceptors (Lipinski definition) is 12. The molecular formula is C48H45N9O8. The summed E-state index contributed by atoms with van der Waals surface area (Å²) < 4.78 is 11.4. The molecular weight excluding hydrogens is 831 g/mol. The zero-order chi connectivity index (χ0) is 45.3. The van der Waals surface area contributed by atoms with E-state index in [1.807, 2.05) is 71.6 Å². The van der Waals surface area contributed by atoms with Crippen LogP contribution in [0.5, 0.6) is 11.6 Å². The summed E-state index contributed by atoms with van der Waals surface area (Å²) in [4.78, 5) is 88.4. The van der Waals surface area contributed by atoms with Crippen LogP contribution in [0.3, 0.4) is 0 Å². The van der Waals surface area contributed by atoms with Crippen molar-refractivity contribution in [3.05, 3.63) is 132 Å². The number of carbonyl (C=O) groups is 6. The number of nitrogens with one attached hydrogen (secondary N) is 4. The number of nitrogens with zero attached hydrogens (tertiary/aromatic N) is 5. The summed E-state index contributed by atoms with van der Waals surface area (Å²) in [5.41, 5.74) is 4.02. The first-order valence-corrected chi connectivity index (χ1v) is 21.3. The molecule has 4 N–H and O–H groups in total. The standard InChI is InChI=1S/C48H45N9O8/c49-25-31-9-20-40(51-27-31)54-34-13-17-36(18-14-34)56(48(63)53-26-30-5-2-1-3-6-30)35-15-10-32(11-16-35)33-12-22-43(52-28-33)64-24-23-50-42(59)29-65-39-8-4-7-37-44(39)47(62)57(46(37)61)38-19-21-41(58)55-45(38)60/h1-12,15-16,20,22,27-28,34,36,38H,13-14,17-19,21,23-24,26,29H2,(H,50,59)(H,51,54)(H,53,63)(H,55,58,60). The summed E-state index contributed by atoms with van der Waals surface area (Å²) in [6.07, 6.45) is 6.50. The van der Waals surface area contributed by atoms with Crippen molar-refractivity contribution in [3.63, 3.8) is 0 Å². The van der Waals surface area contributed by atoms with Gasteiger partial charge in [0.15, 0.2) is 6.61 Å². The number of nitriles is 1. The Morgan fingerprint density at radius 3 is 2.29 bits per heavy atom. The van der Waals surface area contributed by atoms with Gasteiger partial charge in [0.25, 0.3) is 17.7 Å². The van der Waals surface area contributed by atoms with Crippen LogP contribution in [-0.4, -0.2) is 88.3 Å². The molecule has 2 aliphatic heterocycles. The van der Waals surface area contributed by atoms with E-state index in [4.69, 9.17) is 14.7 Å². The summed E-state index contributed by atoms with van der Waals surface area (Å²) >= 11 is 0. The van der Waals surface area contributed by atoms with Gasteiger partial charge in [0.2, 0.25) is 17.7 Å². The molecule has 3 aromatic carbocycles. The van der Waals surface area contributed by atoms with Gasteiger partial charge in [0.05, 0.1) is 23.2 Å². The number of hydrogen-bond donors (Lipinski definition) is 4. The maximum Gasteiger partial charge on any atom is 0.322 e. The number of fused-ring (bicyclic) bond motifs is 1. The number of aromatic nitrogens is 2. The third kappa shape index (κ3) is 10.2. The minimum Gasteiger partial charge on any atom is -0.483 e. The second-order valence-electron chi connectivity index (χ2n) is 15.8. The number of piperidine rings is 1. The second kappa shape index (κ2) is 19.9. The number of carbonyl (C=O) groups excluding carboxylic acids is 6. The van der Waals surface area contributed by atoms with Crippen LogP contribution in [0.2, 0.25) is 0 Å². The van der Waals surface area contributed by atoms with Crippen LogP contribution in [0, 0.1) is 11.3 Å². The SMILES string of the molecule is N#Cc1ccc(NC2CCC(N(C(=O)NCc3ccccc3)c3ccc(-c4ccc(OCCNC(=O)COc5cccc6c5C(=O)N(C5CCC(=O)NC5=O)C6=O)nc4)cc3)CC2)nc1. The molecule has 0 radical (unpaired) electrons. The van der Waals surface area contributed by atoms with Gasteiger partial charge in [-0.1, -0.05) is 48.5 Å². The molecule has 17 heteroatoms. The maximum absolute atomic E-state index is 13.9. The monoisotopic (exact) mass is 875 g/mol. The lowest BCUT2D eigenvalue weighted by Crippen LogP contribution is -2.54. The average Bonchev–Trinajstić information content (AvgIpc) is 3.59. The number of pyridine rings is 2. The van der Waals surface area contributed by atoms with Crippen molar-refractivity contribution in [2.45, 2.75) is 63.2 Å². The molecule has 2 aromatic heterocycles. The molecule has 1 saturated heterocycles. The lowest BCUT2D eigenvalue weighted by Gasteiger charge is -2.37. The molecule has 0 bridgehead atoms. The highest BCUT2D eigenvalue weighted by Gasteiger charge is 2.46. The normalized spacial score (nSPS) is 17.9. The molecule has 330 valence electrons. The molecule has 3 aliphatic rings. The van der Waals surface area contributed by atoms with Crippen LogP contribution >= 0.6 is 0 Å². The topological polar surface area (TPSA) is 225 Å². The van der Waals surface area contributed by atoms with E-state index in [1.54, 1.807) is 24.5 Å². The molecule has 1 atom stereocenters. The summed E-state index contributed by atoms with van der Waals surface area (Å²) in [5.74, 6) is -2.00. The molecule has 17 nitrogen and oxygen atoms in total. The summed E-state index contributed by atoms with van der Waals surface area (Å²) in [6, 6.07) is 30.1. The van der Waals surface area contributed by atoms with Gasteiger partial charge in [-0.15, -0.1) is 0 Å². The van der Waals surface area contributed by atoms with Gasteiger partial charge in [0.1, 0.15) is 30.3 Å². The van der Waals surface area contributed by atoms with E-state index in [2.05, 4.69) is 37.3 Å². The van der Waals surface area contributed by atoms with Gasteiger partial charge in [-0.3, -0.25) is 39.1 Å². The van der Waals surface area contributed by atoms with E-state index in [1.165, 1.54) is 18.2 Å². The fourth-order valence-electron chi connectivity index (χ4n) is 8.18. The number of rotatable bonds is 15. The van der Waals surface area contributed by atoms with Crippen molar-refractivity contribution < 1.29 is 38.2 Å². The number of urea groups is 1. The van der Waals surface area contributed by atoms with Crippen LogP contribution < -0.4 is 35.6 Å². The largest absolute Gasteiger partial charge is 0.483 e. The van der Waals surface area contributed by atoms with Crippen LogP contribution in [0.15, 0.2) is 109 Å². The second-order valence-corrected chi connectivity index (χ2v) is 15.8. The zero-order valence-corrected chi connectivity index (χ0v) is 35.2. The lowest BCUT2D eigenvalue weighted by molar-refractivity contribution is -0.136. The van der Waals surface area contributed by atoms with Gasteiger partial charge in [0, 0.05) is 54.8 Å². The van der Waals surface area contributed by atoms with Gasteiger partial charge in [-0.05, 0) is 85.7 Å². The Labute approximate surface area is 374 Å². The van der Waals surface area contributed by atoms with Crippen molar-refractivity contribution in [3.8, 4) is 28.8 Å². The predicted octanol–water partition coefficient (Wildman–Crippen LogP) is 5.13. The predicted molar refractivity (Wildman–Crippen MR) is 237 cm³/mol. The highest BCUT2D eigenvalue weighted by molar-refractivity contribution is 6.24. The molecule has 65 heavy (non-hydrogen) atoms. The first kappa shape index (κ1) is 43.5. The molecule has 2 fully saturated rings. The van der Waals surface area contributed by atoms with Crippen LogP contribution in [0.1, 0.15) is 70.4 Å². The number of ether oxygens (including phenoxy) is 2. The van der Waals surface area contributed by atoms with Crippen molar-refractivity contribution in [2.75, 3.05) is 30.0 Å². The quantitative estimate of drug-likeness (QED) is 0.0794. The molecule has 5 aromatic rings. The summed E-state index contributed by atoms with van der Waals surface area (Å²) in [7, 11) is 0. The Morgan fingerprint density at radius 2 is 1.58 bits per heavy atom. The molecule has 8 rings (SSSR count). The van der Waals surface area contributed by atoms with Crippen LogP contribution in [0.25, 0.3) is 11.1 Å². The lowest BCUT2D eigenvalue weighted by atomic mass is 9.89. The van der Waals surface area contributed by atoms with E-state index < -0.39 is 42.2 Å². The Morgan fingerprint density at radius 1 is 0.800 bits per heavy atom. The molecule has 1 unspecified atom stereocenters. The number of imide groups is 2. The molecule has 7 amide bonds. The van der Waals surface area contributed by atoms with Gasteiger partial charge in [-0.25, -0.2) is 14.8 Å². The Balaban J connectivity index is 0.823. The maximum atomic E-state index is 13.9. The number of amides is 7. The minimum atomic E-state index is -1.12. The van der Waals surface area contributed by atoms with Gasteiger partial charge in [-0.2, -0.15) is 5.26 Å². The highest BCUT2D eigenvalue weighted by Crippen LogP contribution is 2.34. The summed E-state index contributed by atoms with van der Waals surface area (Å²) in [6.45, 7) is 0.182. The van der Waals surface area contributed by atoms with Crippen molar-refractivity contribution in [1.29, 1.82) is 5.26 Å². The Bertz CT molecular complexity index is 2610. The van der Waals surface area contributed by atoms with E-state index in [-0.39, 0.29) is 61.0 Å². The Kier molecular flexibility index (Phi) is 13.3. The van der Waals surface area contributed by atoms with Crippen LogP contribution in [0.4, 0.5) is 16.3 Å². The number of benzene rings is 3. The van der Waals surface area contributed by atoms with Gasteiger partial charge < -0.3 is 25.4 Å². The van der Waals surface area contributed by atoms with Crippen molar-refractivity contribution in [2.24, 2.45) is 0 Å². The van der Waals surface area contributed by atoms with Crippen molar-refractivity contribution >= 4 is 47.1 Å². The third-order valence-corrected chi connectivity index (χ3v) is 11.5. The van der Waals surface area contributed by atoms with E-state index in [0.717, 1.165) is 58.8 Å². The Hall–Kier alpha value is -8.13. The molecule has 4 heterocycles. The summed E-state index contributed by atoms with van der Waals surface area (Å²) in [5, 5.41) is 20.5. The minimum absolute atomic E-state index is 0.00343. The third-order valence-electron chi connectivity index (χ3n) is 11.5. The van der Waals surface area contributed by atoms with Gasteiger partial charge >= 0.3 is 6.03 Å². The van der Waals surface area contributed by atoms with E-state index >= 15 is 0 Å². The molecule has 1 aliphatic carbocycles. The van der Waals surface area contributed by atoms with E-state index in [9.17, 15) is 28.8 Å². The van der Waals surface area contributed by atoms with Crippen molar-refractivity contribution in [1.82, 2.24) is 30.8 Å². The molecule has 1 saturated carbocycles. The highest BCUT2D eigenvalue weighted by atomic mass is 16.5. The number of anilines is 2. The first-order valence-electron chi connectivity index (χ1n) is 21.3.